The average molecular weight is 494 g/mol. The summed E-state index contributed by atoms with van der Waals surface area (Å²) in [5, 5.41) is 15.8. The van der Waals surface area contributed by atoms with Gasteiger partial charge in [0.25, 0.3) is 0 Å². The number of sulfonamides is 1. The number of anilines is 2. The third kappa shape index (κ3) is 7.31. The quantitative estimate of drug-likeness (QED) is 0.380. The molecule has 32 heavy (non-hydrogen) atoms. The summed E-state index contributed by atoms with van der Waals surface area (Å²) in [5.41, 5.74) is 1.99. The standard InChI is InChI=1S/C20H20ClN5O4S2/c21-14-2-1-3-15(10-14)24-19(28)26-20-25-16(12-31-20)6-9-18(27)23-11-13-4-7-17(8-5-13)32(22,29)30/h1-5,7-8,10,12H,6,9,11H2,(H,23,27)(H2,22,29,30)(H2,24,25,26,28). The summed E-state index contributed by atoms with van der Waals surface area (Å²) in [6, 6.07) is 12.3. The first-order valence-electron chi connectivity index (χ1n) is 9.35. The summed E-state index contributed by atoms with van der Waals surface area (Å²) in [5.74, 6) is -0.179. The summed E-state index contributed by atoms with van der Waals surface area (Å²) in [6.45, 7) is 0.261. The van der Waals surface area contributed by atoms with Crippen molar-refractivity contribution in [2.75, 3.05) is 10.6 Å². The zero-order chi connectivity index (χ0) is 23.1. The predicted molar refractivity (Wildman–Crippen MR) is 124 cm³/mol. The second kappa shape index (κ2) is 10.6. The van der Waals surface area contributed by atoms with Crippen LogP contribution in [0.1, 0.15) is 17.7 Å². The van der Waals surface area contributed by atoms with Gasteiger partial charge in [0, 0.05) is 29.1 Å². The zero-order valence-electron chi connectivity index (χ0n) is 16.7. The van der Waals surface area contributed by atoms with Crippen LogP contribution < -0.4 is 21.1 Å². The number of benzene rings is 2. The lowest BCUT2D eigenvalue weighted by Gasteiger charge is -2.06. The van der Waals surface area contributed by atoms with E-state index in [9.17, 15) is 18.0 Å². The Morgan fingerprint density at radius 1 is 1.09 bits per heavy atom. The van der Waals surface area contributed by atoms with Gasteiger partial charge in [0.05, 0.1) is 10.6 Å². The molecule has 2 aromatic carbocycles. The number of hydrogen-bond acceptors (Lipinski definition) is 6. The predicted octanol–water partition coefficient (Wildman–Crippen LogP) is 3.34. The van der Waals surface area contributed by atoms with Crippen molar-refractivity contribution in [2.45, 2.75) is 24.3 Å². The van der Waals surface area contributed by atoms with E-state index >= 15 is 0 Å². The van der Waals surface area contributed by atoms with Crippen LogP contribution in [-0.2, 0) is 27.8 Å². The first-order valence-corrected chi connectivity index (χ1v) is 12.2. The monoisotopic (exact) mass is 493 g/mol. The number of primary sulfonamides is 1. The molecule has 3 amide bonds. The number of rotatable bonds is 8. The van der Waals surface area contributed by atoms with Crippen LogP contribution in [0.4, 0.5) is 15.6 Å². The second-order valence-electron chi connectivity index (χ2n) is 6.70. The molecule has 0 aliphatic carbocycles. The number of nitrogens with two attached hydrogens (primary N) is 1. The van der Waals surface area contributed by atoms with Crippen LogP contribution in [0.2, 0.25) is 5.02 Å². The van der Waals surface area contributed by atoms with E-state index in [-0.39, 0.29) is 23.8 Å². The van der Waals surface area contributed by atoms with Gasteiger partial charge in [0.1, 0.15) is 0 Å². The molecule has 0 aliphatic heterocycles. The van der Waals surface area contributed by atoms with Gasteiger partial charge in [-0.25, -0.2) is 23.3 Å². The van der Waals surface area contributed by atoms with E-state index in [1.54, 1.807) is 41.8 Å². The van der Waals surface area contributed by atoms with E-state index in [2.05, 4.69) is 20.9 Å². The highest BCUT2D eigenvalue weighted by Gasteiger charge is 2.10. The Morgan fingerprint density at radius 3 is 2.53 bits per heavy atom. The maximum atomic E-state index is 12.1. The first kappa shape index (κ1) is 23.7. The minimum absolute atomic E-state index is 0.0155. The number of carbonyl (C=O) groups excluding carboxylic acids is 2. The lowest BCUT2D eigenvalue weighted by molar-refractivity contribution is -0.121. The molecule has 5 N–H and O–H groups in total. The summed E-state index contributed by atoms with van der Waals surface area (Å²) in [6.07, 6.45) is 0.622. The van der Waals surface area contributed by atoms with Crippen molar-refractivity contribution < 1.29 is 18.0 Å². The summed E-state index contributed by atoms with van der Waals surface area (Å²) in [7, 11) is -3.74. The number of thiazole rings is 1. The number of carbonyl (C=O) groups is 2. The van der Waals surface area contributed by atoms with E-state index in [1.165, 1.54) is 23.5 Å². The molecule has 168 valence electrons. The van der Waals surface area contributed by atoms with Crippen LogP contribution in [0.3, 0.4) is 0 Å². The maximum absolute atomic E-state index is 12.1. The molecule has 0 fully saturated rings. The van der Waals surface area contributed by atoms with Gasteiger partial charge in [0.15, 0.2) is 5.13 Å². The fourth-order valence-electron chi connectivity index (χ4n) is 2.63. The molecule has 0 saturated carbocycles. The molecular weight excluding hydrogens is 474 g/mol. The van der Waals surface area contributed by atoms with E-state index in [0.29, 0.717) is 28.0 Å². The van der Waals surface area contributed by atoms with Gasteiger partial charge >= 0.3 is 6.03 Å². The van der Waals surface area contributed by atoms with Crippen molar-refractivity contribution in [3.63, 3.8) is 0 Å². The normalized spacial score (nSPS) is 11.1. The zero-order valence-corrected chi connectivity index (χ0v) is 19.1. The van der Waals surface area contributed by atoms with Gasteiger partial charge in [-0.05, 0) is 42.3 Å². The smallest absolute Gasteiger partial charge is 0.325 e. The van der Waals surface area contributed by atoms with Crippen molar-refractivity contribution in [3.8, 4) is 0 Å². The highest BCUT2D eigenvalue weighted by molar-refractivity contribution is 7.89. The van der Waals surface area contributed by atoms with E-state index in [0.717, 1.165) is 5.56 Å². The molecular formula is C20H20ClN5O4S2. The van der Waals surface area contributed by atoms with Crippen LogP contribution in [0, 0.1) is 0 Å². The number of aryl methyl sites for hydroxylation is 1. The topological polar surface area (TPSA) is 143 Å². The minimum Gasteiger partial charge on any atom is -0.352 e. The van der Waals surface area contributed by atoms with Crippen molar-refractivity contribution in [2.24, 2.45) is 5.14 Å². The van der Waals surface area contributed by atoms with Gasteiger partial charge in [0.2, 0.25) is 15.9 Å². The average Bonchev–Trinajstić information content (AvgIpc) is 3.17. The van der Waals surface area contributed by atoms with Crippen molar-refractivity contribution in [1.29, 1.82) is 0 Å². The van der Waals surface area contributed by atoms with E-state index in [4.69, 9.17) is 16.7 Å². The Balaban J connectivity index is 1.42. The molecule has 1 aromatic heterocycles. The Hall–Kier alpha value is -2.99. The molecule has 0 saturated heterocycles. The highest BCUT2D eigenvalue weighted by atomic mass is 35.5. The van der Waals surface area contributed by atoms with Gasteiger partial charge in [-0.2, -0.15) is 0 Å². The summed E-state index contributed by atoms with van der Waals surface area (Å²) < 4.78 is 22.5. The number of hydrogen-bond donors (Lipinski definition) is 4. The van der Waals surface area contributed by atoms with Crippen LogP contribution >= 0.6 is 22.9 Å². The SMILES string of the molecule is NS(=O)(=O)c1ccc(CNC(=O)CCc2csc(NC(=O)Nc3cccc(Cl)c3)n2)cc1. The molecule has 0 unspecified atom stereocenters. The number of nitrogens with zero attached hydrogens (tertiary/aromatic N) is 1. The largest absolute Gasteiger partial charge is 0.352 e. The molecule has 0 radical (unpaired) electrons. The van der Waals surface area contributed by atoms with Gasteiger partial charge < -0.3 is 10.6 Å². The molecule has 9 nitrogen and oxygen atoms in total. The molecule has 0 spiro atoms. The maximum Gasteiger partial charge on any atom is 0.325 e. The molecule has 0 atom stereocenters. The van der Waals surface area contributed by atoms with Crippen LogP contribution in [0.5, 0.6) is 0 Å². The summed E-state index contributed by atoms with van der Waals surface area (Å²) in [4.78, 5) is 28.5. The number of amides is 3. The molecule has 0 aliphatic rings. The van der Waals surface area contributed by atoms with E-state index < -0.39 is 16.1 Å². The number of urea groups is 1. The lowest BCUT2D eigenvalue weighted by atomic mass is 10.2. The molecule has 12 heteroatoms. The van der Waals surface area contributed by atoms with Crippen molar-refractivity contribution in [1.82, 2.24) is 10.3 Å². The Labute approximate surface area is 194 Å². The fraction of sp³-hybridized carbons (Fsp3) is 0.150. The van der Waals surface area contributed by atoms with Gasteiger partial charge in [-0.3, -0.25) is 10.1 Å². The third-order valence-corrected chi connectivity index (χ3v) is 6.18. The summed E-state index contributed by atoms with van der Waals surface area (Å²) >= 11 is 7.15. The fourth-order valence-corrected chi connectivity index (χ4v) is 4.08. The van der Waals surface area contributed by atoms with E-state index in [1.807, 2.05) is 0 Å². The molecule has 3 aromatic rings. The van der Waals surface area contributed by atoms with Gasteiger partial charge in [-0.1, -0.05) is 29.8 Å². The van der Waals surface area contributed by atoms with Crippen LogP contribution in [-0.4, -0.2) is 25.3 Å². The first-order chi connectivity index (χ1) is 15.2. The number of nitrogens with one attached hydrogen (secondary N) is 3. The minimum atomic E-state index is -3.74. The Bertz CT molecular complexity index is 1210. The lowest BCUT2D eigenvalue weighted by Crippen LogP contribution is -2.23. The molecule has 3 rings (SSSR count). The Kier molecular flexibility index (Phi) is 7.80. The number of halogens is 1. The molecule has 0 bridgehead atoms. The van der Waals surface area contributed by atoms with Crippen LogP contribution in [0.25, 0.3) is 0 Å². The number of aromatic nitrogens is 1. The van der Waals surface area contributed by atoms with Crippen LogP contribution in [0.15, 0.2) is 58.8 Å². The highest BCUT2D eigenvalue weighted by Crippen LogP contribution is 2.18. The third-order valence-electron chi connectivity index (χ3n) is 4.20. The van der Waals surface area contributed by atoms with Gasteiger partial charge in [-0.15, -0.1) is 11.3 Å². The molecule has 1 heterocycles. The second-order valence-corrected chi connectivity index (χ2v) is 9.56. The van der Waals surface area contributed by atoms with Crippen molar-refractivity contribution >= 4 is 55.7 Å². The van der Waals surface area contributed by atoms with Crippen molar-refractivity contribution in [3.05, 3.63) is 70.2 Å². The Morgan fingerprint density at radius 2 is 1.84 bits per heavy atom.